The molecule has 0 saturated heterocycles. The number of aryl methyl sites for hydroxylation is 1. The number of ether oxygens (including phenoxy) is 1. The number of nitriles is 1. The topological polar surface area (TPSA) is 92.3 Å². The maximum absolute atomic E-state index is 12.1. The van der Waals surface area contributed by atoms with E-state index in [1.165, 1.54) is 17.9 Å². The first-order valence-electron chi connectivity index (χ1n) is 8.37. The van der Waals surface area contributed by atoms with Crippen LogP contribution < -0.4 is 5.32 Å². The molecule has 3 rings (SSSR count). The predicted octanol–water partition coefficient (Wildman–Crippen LogP) is 2.92. The van der Waals surface area contributed by atoms with Gasteiger partial charge in [-0.3, -0.25) is 4.79 Å². The molecule has 1 amide bonds. The highest BCUT2D eigenvalue weighted by atomic mass is 16.5. The van der Waals surface area contributed by atoms with Crippen LogP contribution in [0.4, 0.5) is 0 Å². The average molecular weight is 350 g/mol. The minimum atomic E-state index is -0.858. The number of rotatable bonds is 5. The van der Waals surface area contributed by atoms with Crippen molar-refractivity contribution in [2.24, 2.45) is 0 Å². The van der Waals surface area contributed by atoms with Crippen LogP contribution in [0.15, 0.2) is 52.7 Å². The zero-order valence-corrected chi connectivity index (χ0v) is 14.1. The molecule has 1 aromatic carbocycles. The van der Waals surface area contributed by atoms with E-state index in [1.54, 1.807) is 18.2 Å². The Bertz CT molecular complexity index is 862. The molecule has 132 valence electrons. The molecule has 6 heteroatoms. The van der Waals surface area contributed by atoms with E-state index in [0.29, 0.717) is 5.76 Å². The van der Waals surface area contributed by atoms with Gasteiger partial charge in [-0.2, -0.15) is 5.26 Å². The lowest BCUT2D eigenvalue weighted by Crippen LogP contribution is -2.34. The first-order valence-corrected chi connectivity index (χ1v) is 8.37. The molecule has 26 heavy (non-hydrogen) atoms. The molecule has 1 aliphatic rings. The summed E-state index contributed by atoms with van der Waals surface area (Å²) in [7, 11) is 0. The third-order valence-corrected chi connectivity index (χ3v) is 4.21. The minimum absolute atomic E-state index is 0.0831. The number of carbonyl (C=O) groups is 2. The van der Waals surface area contributed by atoms with Crippen molar-refractivity contribution in [3.63, 3.8) is 0 Å². The molecule has 0 radical (unpaired) electrons. The summed E-state index contributed by atoms with van der Waals surface area (Å²) in [6.45, 7) is -0.436. The van der Waals surface area contributed by atoms with Crippen LogP contribution in [0.2, 0.25) is 0 Å². The quantitative estimate of drug-likeness (QED) is 0.508. The largest absolute Gasteiger partial charge is 0.465 e. The normalized spacial score (nSPS) is 16.3. The van der Waals surface area contributed by atoms with Gasteiger partial charge in [-0.05, 0) is 42.5 Å². The number of esters is 1. The smallest absolute Gasteiger partial charge is 0.349 e. The molecule has 1 atom stereocenters. The second-order valence-corrected chi connectivity index (χ2v) is 5.97. The molecule has 0 saturated carbocycles. The maximum Gasteiger partial charge on any atom is 0.349 e. The Hall–Kier alpha value is -3.33. The monoisotopic (exact) mass is 350 g/mol. The van der Waals surface area contributed by atoms with E-state index in [-0.39, 0.29) is 11.6 Å². The molecule has 6 nitrogen and oxygen atoms in total. The van der Waals surface area contributed by atoms with Crippen LogP contribution in [0.5, 0.6) is 0 Å². The van der Waals surface area contributed by atoms with Gasteiger partial charge in [0.2, 0.25) is 0 Å². The van der Waals surface area contributed by atoms with Crippen molar-refractivity contribution in [2.75, 3.05) is 6.61 Å². The molecule has 0 bridgehead atoms. The number of amides is 1. The summed E-state index contributed by atoms with van der Waals surface area (Å²) in [5.74, 6) is -0.889. The Morgan fingerprint density at radius 1 is 1.31 bits per heavy atom. The third kappa shape index (κ3) is 4.19. The second kappa shape index (κ2) is 8.17. The van der Waals surface area contributed by atoms with Crippen molar-refractivity contribution in [1.82, 2.24) is 5.32 Å². The van der Waals surface area contributed by atoms with Crippen molar-refractivity contribution < 1.29 is 18.7 Å². The lowest BCUT2D eigenvalue weighted by molar-refractivity contribution is -0.144. The molecule has 2 aromatic rings. The van der Waals surface area contributed by atoms with Crippen LogP contribution in [0.1, 0.15) is 35.8 Å². The van der Waals surface area contributed by atoms with Crippen LogP contribution in [-0.2, 0) is 20.7 Å². The Balaban J connectivity index is 1.56. The van der Waals surface area contributed by atoms with Gasteiger partial charge in [-0.15, -0.1) is 0 Å². The molecule has 0 aliphatic heterocycles. The van der Waals surface area contributed by atoms with Crippen LogP contribution >= 0.6 is 0 Å². The van der Waals surface area contributed by atoms with Crippen molar-refractivity contribution >= 4 is 18.0 Å². The Labute approximate surface area is 151 Å². The predicted molar refractivity (Wildman–Crippen MR) is 93.5 cm³/mol. The van der Waals surface area contributed by atoms with Gasteiger partial charge in [0.15, 0.2) is 6.61 Å². The van der Waals surface area contributed by atoms with Gasteiger partial charge < -0.3 is 14.5 Å². The molecule has 1 aromatic heterocycles. The van der Waals surface area contributed by atoms with E-state index in [0.717, 1.165) is 24.8 Å². The first kappa shape index (κ1) is 17.5. The third-order valence-electron chi connectivity index (χ3n) is 4.21. The average Bonchev–Trinajstić information content (AvgIpc) is 3.18. The number of fused-ring (bicyclic) bond motifs is 1. The SMILES string of the molecule is N#C/C(=C\c1ccco1)C(=O)OCC(=O)N[C@H]1CCCc2ccccc21. The lowest BCUT2D eigenvalue weighted by atomic mass is 9.88. The van der Waals surface area contributed by atoms with E-state index < -0.39 is 18.5 Å². The van der Waals surface area contributed by atoms with Gasteiger partial charge >= 0.3 is 5.97 Å². The fourth-order valence-electron chi connectivity index (χ4n) is 3.00. The Kier molecular flexibility index (Phi) is 5.49. The summed E-state index contributed by atoms with van der Waals surface area (Å²) in [4.78, 5) is 24.1. The summed E-state index contributed by atoms with van der Waals surface area (Å²) in [5.41, 5.74) is 2.11. The van der Waals surface area contributed by atoms with Crippen LogP contribution in [0, 0.1) is 11.3 Å². The highest BCUT2D eigenvalue weighted by Gasteiger charge is 2.22. The summed E-state index contributed by atoms with van der Waals surface area (Å²) in [6, 6.07) is 12.9. The molecule has 1 aliphatic carbocycles. The van der Waals surface area contributed by atoms with E-state index in [9.17, 15) is 9.59 Å². The van der Waals surface area contributed by atoms with Crippen molar-refractivity contribution in [1.29, 1.82) is 5.26 Å². The molecular formula is C20H18N2O4. The fraction of sp³-hybridized carbons (Fsp3) is 0.250. The van der Waals surface area contributed by atoms with E-state index in [4.69, 9.17) is 14.4 Å². The van der Waals surface area contributed by atoms with Gasteiger partial charge in [-0.1, -0.05) is 24.3 Å². The lowest BCUT2D eigenvalue weighted by Gasteiger charge is -2.26. The highest BCUT2D eigenvalue weighted by molar-refractivity contribution is 5.98. The van der Waals surface area contributed by atoms with Crippen molar-refractivity contribution in [2.45, 2.75) is 25.3 Å². The molecule has 1 heterocycles. The number of hydrogen-bond acceptors (Lipinski definition) is 5. The number of furan rings is 1. The van der Waals surface area contributed by atoms with Crippen LogP contribution in [-0.4, -0.2) is 18.5 Å². The Morgan fingerprint density at radius 3 is 2.92 bits per heavy atom. The zero-order chi connectivity index (χ0) is 18.4. The van der Waals surface area contributed by atoms with Gasteiger partial charge in [0, 0.05) is 6.08 Å². The number of nitrogens with one attached hydrogen (secondary N) is 1. The number of hydrogen-bond donors (Lipinski definition) is 1. The number of benzene rings is 1. The number of carbonyl (C=O) groups excluding carboxylic acids is 2. The van der Waals surface area contributed by atoms with E-state index in [1.807, 2.05) is 18.2 Å². The van der Waals surface area contributed by atoms with Crippen molar-refractivity contribution in [3.8, 4) is 6.07 Å². The van der Waals surface area contributed by atoms with Gasteiger partial charge in [0.25, 0.3) is 5.91 Å². The molecule has 0 spiro atoms. The van der Waals surface area contributed by atoms with Gasteiger partial charge in [-0.25, -0.2) is 4.79 Å². The number of nitrogens with zero attached hydrogens (tertiary/aromatic N) is 1. The zero-order valence-electron chi connectivity index (χ0n) is 14.1. The Morgan fingerprint density at radius 2 is 2.15 bits per heavy atom. The maximum atomic E-state index is 12.1. The van der Waals surface area contributed by atoms with Crippen molar-refractivity contribution in [3.05, 3.63) is 65.1 Å². The summed E-state index contributed by atoms with van der Waals surface area (Å²) in [6.07, 6.45) is 5.55. The summed E-state index contributed by atoms with van der Waals surface area (Å²) < 4.78 is 10.0. The fourth-order valence-corrected chi connectivity index (χ4v) is 3.00. The molecular weight excluding hydrogens is 332 g/mol. The molecule has 1 N–H and O–H groups in total. The summed E-state index contributed by atoms with van der Waals surface area (Å²) in [5, 5.41) is 12.0. The minimum Gasteiger partial charge on any atom is -0.465 e. The van der Waals surface area contributed by atoms with E-state index >= 15 is 0 Å². The highest BCUT2D eigenvalue weighted by Crippen LogP contribution is 2.29. The van der Waals surface area contributed by atoms with Gasteiger partial charge in [0.05, 0.1) is 12.3 Å². The molecule has 0 fully saturated rings. The van der Waals surface area contributed by atoms with Gasteiger partial charge in [0.1, 0.15) is 17.4 Å². The van der Waals surface area contributed by atoms with Crippen LogP contribution in [0.25, 0.3) is 6.08 Å². The van der Waals surface area contributed by atoms with E-state index in [2.05, 4.69) is 11.4 Å². The first-order chi connectivity index (χ1) is 12.7. The molecule has 0 unspecified atom stereocenters. The second-order valence-electron chi connectivity index (χ2n) is 5.97. The summed E-state index contributed by atoms with van der Waals surface area (Å²) >= 11 is 0. The standard InChI is InChI=1S/C20H18N2O4/c21-12-15(11-16-7-4-10-25-16)20(24)26-13-19(23)22-18-9-3-6-14-5-1-2-8-17(14)18/h1-2,4-5,7-8,10-11,18H,3,6,9,13H2,(H,22,23)/b15-11+/t18-/m0/s1. The van der Waals surface area contributed by atoms with Crippen LogP contribution in [0.3, 0.4) is 0 Å².